The summed E-state index contributed by atoms with van der Waals surface area (Å²) in [6.07, 6.45) is 0.983. The molecule has 1 heterocycles. The van der Waals surface area contributed by atoms with Crippen molar-refractivity contribution in [3.8, 4) is 6.07 Å². The molecular weight excluding hydrogens is 184 g/mol. The molecule has 2 heteroatoms. The van der Waals surface area contributed by atoms with E-state index in [-0.39, 0.29) is 0 Å². The van der Waals surface area contributed by atoms with Gasteiger partial charge < -0.3 is 5.32 Å². The summed E-state index contributed by atoms with van der Waals surface area (Å²) in [5.41, 5.74) is 4.70. The van der Waals surface area contributed by atoms with Crippen LogP contribution in [-0.4, -0.2) is 6.54 Å². The minimum Gasteiger partial charge on any atom is -0.312 e. The van der Waals surface area contributed by atoms with E-state index < -0.39 is 0 Å². The summed E-state index contributed by atoms with van der Waals surface area (Å²) in [6, 6.07) is 6.62. The van der Waals surface area contributed by atoms with Crippen molar-refractivity contribution in [1.29, 1.82) is 5.26 Å². The highest BCUT2D eigenvalue weighted by Crippen LogP contribution is 2.24. The average Bonchev–Trinajstić information content (AvgIpc) is 2.27. The highest BCUT2D eigenvalue weighted by molar-refractivity contribution is 5.47. The molecular formula is C13H16N2. The summed E-state index contributed by atoms with van der Waals surface area (Å²) in [5, 5.41) is 12.5. The van der Waals surface area contributed by atoms with Crippen LogP contribution in [0.3, 0.4) is 0 Å². The molecule has 1 aliphatic rings. The maximum atomic E-state index is 9.13. The molecule has 0 saturated carbocycles. The molecule has 0 saturated heterocycles. The van der Waals surface area contributed by atoms with E-state index in [4.69, 9.17) is 5.26 Å². The number of nitriles is 1. The molecule has 0 fully saturated rings. The second kappa shape index (κ2) is 4.04. The van der Waals surface area contributed by atoms with Crippen molar-refractivity contribution in [3.05, 3.63) is 34.4 Å². The first-order valence-electron chi connectivity index (χ1n) is 5.49. The van der Waals surface area contributed by atoms with E-state index in [1.807, 2.05) is 0 Å². The van der Waals surface area contributed by atoms with Gasteiger partial charge in [-0.25, -0.2) is 0 Å². The van der Waals surface area contributed by atoms with Crippen LogP contribution in [0.2, 0.25) is 0 Å². The monoisotopic (exact) mass is 200 g/mol. The Hall–Kier alpha value is -1.33. The molecule has 2 rings (SSSR count). The van der Waals surface area contributed by atoms with Crippen LogP contribution in [-0.2, 0) is 13.0 Å². The van der Waals surface area contributed by atoms with Crippen LogP contribution in [0.5, 0.6) is 0 Å². The zero-order valence-corrected chi connectivity index (χ0v) is 9.30. The molecule has 78 valence electrons. The summed E-state index contributed by atoms with van der Waals surface area (Å²) >= 11 is 0. The lowest BCUT2D eigenvalue weighted by Crippen LogP contribution is -2.24. The Kier molecular flexibility index (Phi) is 2.75. The Morgan fingerprint density at radius 2 is 2.20 bits per heavy atom. The van der Waals surface area contributed by atoms with Gasteiger partial charge in [0, 0.05) is 6.54 Å². The van der Waals surface area contributed by atoms with Crippen LogP contribution in [0.25, 0.3) is 0 Å². The van der Waals surface area contributed by atoms with Crippen LogP contribution >= 0.6 is 0 Å². The number of hydrogen-bond acceptors (Lipinski definition) is 2. The van der Waals surface area contributed by atoms with E-state index in [9.17, 15) is 0 Å². The predicted molar refractivity (Wildman–Crippen MR) is 60.7 cm³/mol. The van der Waals surface area contributed by atoms with Crippen LogP contribution < -0.4 is 5.32 Å². The Labute approximate surface area is 90.9 Å². The molecule has 0 atom stereocenters. The van der Waals surface area contributed by atoms with Crippen molar-refractivity contribution < 1.29 is 0 Å². The van der Waals surface area contributed by atoms with Crippen LogP contribution in [0, 0.1) is 11.3 Å². The van der Waals surface area contributed by atoms with Gasteiger partial charge in [-0.2, -0.15) is 5.26 Å². The quantitative estimate of drug-likeness (QED) is 0.755. The van der Waals surface area contributed by atoms with Gasteiger partial charge in [0.05, 0.1) is 11.6 Å². The SMILES string of the molecule is CC(C)c1cc(C#N)c2c(c1)CNCC2. The summed E-state index contributed by atoms with van der Waals surface area (Å²) in [7, 11) is 0. The molecule has 1 aromatic rings. The Balaban J connectivity index is 2.54. The van der Waals surface area contributed by atoms with Crippen molar-refractivity contribution in [2.45, 2.75) is 32.7 Å². The zero-order chi connectivity index (χ0) is 10.8. The highest BCUT2D eigenvalue weighted by Gasteiger charge is 2.15. The van der Waals surface area contributed by atoms with E-state index in [1.54, 1.807) is 0 Å². The average molecular weight is 200 g/mol. The lowest BCUT2D eigenvalue weighted by atomic mass is 9.90. The Bertz CT molecular complexity index is 413. The second-order valence-electron chi connectivity index (χ2n) is 4.40. The van der Waals surface area contributed by atoms with Crippen molar-refractivity contribution in [2.24, 2.45) is 0 Å². The molecule has 1 N–H and O–H groups in total. The lowest BCUT2D eigenvalue weighted by molar-refractivity contribution is 0.640. The molecule has 0 radical (unpaired) electrons. The minimum atomic E-state index is 0.490. The predicted octanol–water partition coefficient (Wildman–Crippen LogP) is 2.33. The fourth-order valence-corrected chi connectivity index (χ4v) is 2.08. The topological polar surface area (TPSA) is 35.8 Å². The molecule has 0 amide bonds. The van der Waals surface area contributed by atoms with Gasteiger partial charge in [0.15, 0.2) is 0 Å². The Morgan fingerprint density at radius 3 is 2.87 bits per heavy atom. The first-order chi connectivity index (χ1) is 7.22. The normalized spacial score (nSPS) is 14.8. The lowest BCUT2D eigenvalue weighted by Gasteiger charge is -2.20. The summed E-state index contributed by atoms with van der Waals surface area (Å²) < 4.78 is 0. The number of rotatable bonds is 1. The maximum absolute atomic E-state index is 9.13. The third-order valence-corrected chi connectivity index (χ3v) is 3.02. The number of nitrogens with zero attached hydrogens (tertiary/aromatic N) is 1. The molecule has 1 aliphatic heterocycles. The second-order valence-corrected chi connectivity index (χ2v) is 4.40. The number of hydrogen-bond donors (Lipinski definition) is 1. The minimum absolute atomic E-state index is 0.490. The zero-order valence-electron chi connectivity index (χ0n) is 9.30. The molecule has 0 bridgehead atoms. The molecule has 0 aromatic heterocycles. The third kappa shape index (κ3) is 1.88. The summed E-state index contributed by atoms with van der Waals surface area (Å²) in [6.45, 7) is 6.23. The molecule has 0 unspecified atom stereocenters. The van der Waals surface area contributed by atoms with Gasteiger partial charge >= 0.3 is 0 Å². The first-order valence-corrected chi connectivity index (χ1v) is 5.49. The fourth-order valence-electron chi connectivity index (χ4n) is 2.08. The largest absolute Gasteiger partial charge is 0.312 e. The van der Waals surface area contributed by atoms with Gasteiger partial charge in [-0.3, -0.25) is 0 Å². The number of benzene rings is 1. The Morgan fingerprint density at radius 1 is 1.40 bits per heavy atom. The van der Waals surface area contributed by atoms with Crippen molar-refractivity contribution >= 4 is 0 Å². The van der Waals surface area contributed by atoms with Gasteiger partial charge in [-0.1, -0.05) is 19.9 Å². The molecule has 2 nitrogen and oxygen atoms in total. The van der Waals surface area contributed by atoms with Gasteiger partial charge in [-0.15, -0.1) is 0 Å². The van der Waals surface area contributed by atoms with Crippen molar-refractivity contribution in [1.82, 2.24) is 5.32 Å². The van der Waals surface area contributed by atoms with E-state index in [0.29, 0.717) is 5.92 Å². The molecule has 15 heavy (non-hydrogen) atoms. The molecule has 1 aromatic carbocycles. The van der Waals surface area contributed by atoms with E-state index >= 15 is 0 Å². The van der Waals surface area contributed by atoms with Crippen LogP contribution in [0.4, 0.5) is 0 Å². The van der Waals surface area contributed by atoms with E-state index in [1.165, 1.54) is 16.7 Å². The van der Waals surface area contributed by atoms with Crippen molar-refractivity contribution in [3.63, 3.8) is 0 Å². The van der Waals surface area contributed by atoms with Gasteiger partial charge in [0.2, 0.25) is 0 Å². The number of fused-ring (bicyclic) bond motifs is 1. The van der Waals surface area contributed by atoms with E-state index in [0.717, 1.165) is 25.1 Å². The number of nitrogens with one attached hydrogen (secondary N) is 1. The molecule has 0 spiro atoms. The van der Waals surface area contributed by atoms with Gasteiger partial charge in [-0.05, 0) is 41.6 Å². The third-order valence-electron chi connectivity index (χ3n) is 3.02. The van der Waals surface area contributed by atoms with Gasteiger partial charge in [0.1, 0.15) is 0 Å². The standard InChI is InChI=1S/C13H16N2/c1-9(2)10-5-11(7-14)13-3-4-15-8-12(13)6-10/h5-6,9,15H,3-4,8H2,1-2H3. The first kappa shape index (κ1) is 10.2. The molecule has 0 aliphatic carbocycles. The van der Waals surface area contributed by atoms with E-state index in [2.05, 4.69) is 37.4 Å². The van der Waals surface area contributed by atoms with Crippen molar-refractivity contribution in [2.75, 3.05) is 6.54 Å². The summed E-state index contributed by atoms with van der Waals surface area (Å²) in [5.74, 6) is 0.490. The smallest absolute Gasteiger partial charge is 0.0994 e. The highest BCUT2D eigenvalue weighted by atomic mass is 14.9. The fraction of sp³-hybridized carbons (Fsp3) is 0.462. The summed E-state index contributed by atoms with van der Waals surface area (Å²) in [4.78, 5) is 0. The van der Waals surface area contributed by atoms with Gasteiger partial charge in [0.25, 0.3) is 0 Å². The maximum Gasteiger partial charge on any atom is 0.0994 e. The van der Waals surface area contributed by atoms with Crippen LogP contribution in [0.15, 0.2) is 12.1 Å². The van der Waals surface area contributed by atoms with Crippen LogP contribution in [0.1, 0.15) is 42.0 Å².